The quantitative estimate of drug-likeness (QED) is 0.598. The first-order chi connectivity index (χ1) is 7.47. The number of hydrogen-bond acceptors (Lipinski definition) is 4. The van der Waals surface area contributed by atoms with Crippen LogP contribution >= 0.6 is 0 Å². The van der Waals surface area contributed by atoms with Crippen LogP contribution < -0.4 is 10.6 Å². The largest absolute Gasteiger partial charge is 0.395 e. The van der Waals surface area contributed by atoms with Crippen molar-refractivity contribution in [2.24, 2.45) is 0 Å². The number of rotatable bonds is 4. The topological polar surface area (TPSA) is 84.9 Å². The van der Waals surface area contributed by atoms with Crippen molar-refractivity contribution >= 4 is 12.1 Å². The summed E-state index contributed by atoms with van der Waals surface area (Å²) < 4.78 is 0. The maximum Gasteiger partial charge on any atom is 0.328 e. The highest BCUT2D eigenvalue weighted by atomic mass is 16.3. The molecule has 0 aliphatic carbocycles. The minimum Gasteiger partial charge on any atom is -0.395 e. The van der Waals surface area contributed by atoms with Gasteiger partial charge in [-0.25, -0.2) is 14.5 Å². The predicted octanol–water partition coefficient (Wildman–Crippen LogP) is -0.663. The highest BCUT2D eigenvalue weighted by Crippen LogP contribution is 2.06. The molecule has 92 valence electrons. The maximum absolute atomic E-state index is 11.6. The third kappa shape index (κ3) is 2.61. The molecule has 1 fully saturated rings. The van der Waals surface area contributed by atoms with Gasteiger partial charge in [0.25, 0.3) is 0 Å². The Hall–Kier alpha value is -1.34. The van der Waals surface area contributed by atoms with E-state index >= 15 is 0 Å². The Bertz CT molecular complexity index is 264. The van der Waals surface area contributed by atoms with Crippen molar-refractivity contribution in [3.8, 4) is 0 Å². The van der Waals surface area contributed by atoms with Crippen molar-refractivity contribution in [3.05, 3.63) is 0 Å². The number of carbonyl (C=O) groups excluding carboxylic acids is 2. The fraction of sp³-hybridized carbons (Fsp3) is 0.778. The number of likely N-dealkylation sites (N-methyl/N-ethyl adjacent to an activating group) is 1. The summed E-state index contributed by atoms with van der Waals surface area (Å²) in [5.41, 5.74) is 0. The summed E-state index contributed by atoms with van der Waals surface area (Å²) in [6, 6.07) is -1.04. The summed E-state index contributed by atoms with van der Waals surface area (Å²) in [4.78, 5) is 26.0. The molecule has 0 bridgehead atoms. The number of urea groups is 2. The summed E-state index contributed by atoms with van der Waals surface area (Å²) >= 11 is 0. The Labute approximate surface area is 94.4 Å². The van der Waals surface area contributed by atoms with Gasteiger partial charge in [-0.2, -0.15) is 0 Å². The van der Waals surface area contributed by atoms with E-state index < -0.39 is 18.4 Å². The minimum absolute atomic E-state index is 0.0351. The van der Waals surface area contributed by atoms with Crippen LogP contribution in [0.1, 0.15) is 13.8 Å². The molecule has 1 aliphatic heterocycles. The lowest BCUT2D eigenvalue weighted by molar-refractivity contribution is 0.101. The molecule has 0 aromatic carbocycles. The second kappa shape index (κ2) is 5.13. The molecule has 0 aromatic heterocycles. The summed E-state index contributed by atoms with van der Waals surface area (Å²) in [6.07, 6.45) is -0.567. The van der Waals surface area contributed by atoms with Crippen LogP contribution in [0.4, 0.5) is 9.59 Å². The molecule has 0 saturated carbocycles. The van der Waals surface area contributed by atoms with Crippen LogP contribution in [0.25, 0.3) is 0 Å². The molecule has 1 saturated heterocycles. The van der Waals surface area contributed by atoms with Crippen LogP contribution in [0.3, 0.4) is 0 Å². The van der Waals surface area contributed by atoms with Gasteiger partial charge in [-0.15, -0.1) is 0 Å². The number of imide groups is 1. The molecule has 0 radical (unpaired) electrons. The van der Waals surface area contributed by atoms with Gasteiger partial charge in [0.05, 0.1) is 6.61 Å². The molecule has 7 heteroatoms. The number of aliphatic hydroxyl groups is 1. The number of nitrogens with one attached hydrogen (secondary N) is 2. The fourth-order valence-corrected chi connectivity index (χ4v) is 1.48. The van der Waals surface area contributed by atoms with Crippen LogP contribution in [0, 0.1) is 0 Å². The summed E-state index contributed by atoms with van der Waals surface area (Å²) in [6.45, 7) is 3.85. The van der Waals surface area contributed by atoms with Crippen LogP contribution in [-0.4, -0.2) is 59.5 Å². The molecule has 0 atom stereocenters. The van der Waals surface area contributed by atoms with E-state index in [1.54, 1.807) is 25.8 Å². The Morgan fingerprint density at radius 1 is 1.38 bits per heavy atom. The second-order valence-corrected chi connectivity index (χ2v) is 3.97. The first-order valence-corrected chi connectivity index (χ1v) is 5.18. The third-order valence-electron chi connectivity index (χ3n) is 2.37. The zero-order chi connectivity index (χ0) is 12.3. The normalized spacial score (nSPS) is 18.0. The average Bonchev–Trinajstić information content (AvgIpc) is 2.16. The molecular weight excluding hydrogens is 212 g/mol. The van der Waals surface area contributed by atoms with Crippen molar-refractivity contribution < 1.29 is 14.7 Å². The van der Waals surface area contributed by atoms with Gasteiger partial charge in [-0.1, -0.05) is 0 Å². The van der Waals surface area contributed by atoms with E-state index in [2.05, 4.69) is 10.6 Å². The molecule has 0 unspecified atom stereocenters. The average molecular weight is 230 g/mol. The lowest BCUT2D eigenvalue weighted by Crippen LogP contribution is -2.69. The van der Waals surface area contributed by atoms with Crippen molar-refractivity contribution in [2.75, 3.05) is 20.2 Å². The molecule has 3 N–H and O–H groups in total. The first-order valence-electron chi connectivity index (χ1n) is 5.18. The Kier molecular flexibility index (Phi) is 4.08. The Balaban J connectivity index is 2.66. The van der Waals surface area contributed by atoms with Gasteiger partial charge < -0.3 is 15.7 Å². The number of aliphatic hydroxyl groups excluding tert-OH is 1. The van der Waals surface area contributed by atoms with Crippen molar-refractivity contribution in [2.45, 2.75) is 26.2 Å². The Morgan fingerprint density at radius 2 is 1.88 bits per heavy atom. The van der Waals surface area contributed by atoms with Gasteiger partial charge in [0.1, 0.15) is 0 Å². The van der Waals surface area contributed by atoms with Gasteiger partial charge in [0, 0.05) is 12.6 Å². The zero-order valence-electron chi connectivity index (χ0n) is 9.73. The maximum atomic E-state index is 11.6. The van der Waals surface area contributed by atoms with E-state index in [-0.39, 0.29) is 12.6 Å². The van der Waals surface area contributed by atoms with E-state index in [9.17, 15) is 9.59 Å². The summed E-state index contributed by atoms with van der Waals surface area (Å²) in [5.74, 6) is 0. The third-order valence-corrected chi connectivity index (χ3v) is 2.37. The van der Waals surface area contributed by atoms with E-state index in [4.69, 9.17) is 5.11 Å². The smallest absolute Gasteiger partial charge is 0.328 e. The molecule has 0 aromatic rings. The first kappa shape index (κ1) is 12.7. The van der Waals surface area contributed by atoms with Gasteiger partial charge in [-0.05, 0) is 20.9 Å². The van der Waals surface area contributed by atoms with E-state index in [1.165, 1.54) is 0 Å². The van der Waals surface area contributed by atoms with E-state index in [0.29, 0.717) is 6.54 Å². The van der Waals surface area contributed by atoms with Crippen molar-refractivity contribution in [3.63, 3.8) is 0 Å². The number of amides is 4. The summed E-state index contributed by atoms with van der Waals surface area (Å²) in [5, 5.41) is 14.0. The highest BCUT2D eigenvalue weighted by molar-refractivity contribution is 5.96. The summed E-state index contributed by atoms with van der Waals surface area (Å²) in [7, 11) is 1.70. The highest BCUT2D eigenvalue weighted by Gasteiger charge is 2.34. The van der Waals surface area contributed by atoms with E-state index in [0.717, 1.165) is 4.90 Å². The number of nitrogens with zero attached hydrogens (tertiary/aromatic N) is 2. The van der Waals surface area contributed by atoms with Gasteiger partial charge in [-0.3, -0.25) is 4.90 Å². The number of carbonyl (C=O) groups is 2. The molecule has 7 nitrogen and oxygen atoms in total. The van der Waals surface area contributed by atoms with Crippen LogP contribution in [0.2, 0.25) is 0 Å². The van der Waals surface area contributed by atoms with Crippen molar-refractivity contribution in [1.29, 1.82) is 0 Å². The Morgan fingerprint density at radius 3 is 2.25 bits per heavy atom. The zero-order valence-corrected chi connectivity index (χ0v) is 9.73. The van der Waals surface area contributed by atoms with Crippen LogP contribution in [0.15, 0.2) is 0 Å². The fourth-order valence-electron chi connectivity index (χ4n) is 1.48. The molecular formula is C9H18N4O3. The predicted molar refractivity (Wildman–Crippen MR) is 57.5 cm³/mol. The second-order valence-electron chi connectivity index (χ2n) is 3.97. The number of hydrogen-bond donors (Lipinski definition) is 3. The molecule has 0 spiro atoms. The lowest BCUT2D eigenvalue weighted by atomic mass is 10.3. The van der Waals surface area contributed by atoms with E-state index in [1.807, 2.05) is 0 Å². The molecule has 16 heavy (non-hydrogen) atoms. The van der Waals surface area contributed by atoms with Crippen LogP contribution in [-0.2, 0) is 0 Å². The van der Waals surface area contributed by atoms with Gasteiger partial charge in [0.15, 0.2) is 6.29 Å². The molecule has 1 rings (SSSR count). The molecule has 4 amide bonds. The van der Waals surface area contributed by atoms with Gasteiger partial charge in [0.2, 0.25) is 0 Å². The van der Waals surface area contributed by atoms with Gasteiger partial charge >= 0.3 is 12.1 Å². The standard InChI is InChI=1S/C9H18N4O3/c1-6(2)13-8(15)10-7(11-9(13)16)12(3)4-5-14/h6-7,14H,4-5H2,1-3H3,(H,10,15)(H,11,16). The molecule has 1 heterocycles. The van der Waals surface area contributed by atoms with Crippen molar-refractivity contribution in [1.82, 2.24) is 20.4 Å². The monoisotopic (exact) mass is 230 g/mol. The lowest BCUT2D eigenvalue weighted by Gasteiger charge is -2.38. The van der Waals surface area contributed by atoms with Crippen LogP contribution in [0.5, 0.6) is 0 Å². The molecule has 1 aliphatic rings. The minimum atomic E-state index is -0.567. The SMILES string of the molecule is CC(C)N1C(=O)NC(N(C)CCO)NC1=O.